The van der Waals surface area contributed by atoms with Gasteiger partial charge in [0.25, 0.3) is 0 Å². The molecule has 1 heterocycles. The fraction of sp³-hybridized carbons (Fsp3) is 0.500. The fourth-order valence-corrected chi connectivity index (χ4v) is 1.73. The molecule has 4 nitrogen and oxygen atoms in total. The van der Waals surface area contributed by atoms with Gasteiger partial charge in [-0.15, -0.1) is 0 Å². The summed E-state index contributed by atoms with van der Waals surface area (Å²) in [5, 5.41) is 3.41. The second-order valence-electron chi connectivity index (χ2n) is 2.78. The van der Waals surface area contributed by atoms with Crippen LogP contribution in [0.15, 0.2) is 17.3 Å². The van der Waals surface area contributed by atoms with Gasteiger partial charge in [0, 0.05) is 0 Å². The molecule has 1 aromatic rings. The van der Waals surface area contributed by atoms with Crippen molar-refractivity contribution in [2.75, 3.05) is 0 Å². The van der Waals surface area contributed by atoms with Crippen molar-refractivity contribution >= 4 is 10.2 Å². The largest absolute Gasteiger partial charge is 0.349 e. The minimum absolute atomic E-state index is 0.0838. The van der Waals surface area contributed by atoms with E-state index in [0.29, 0.717) is 0 Å². The Morgan fingerprint density at radius 2 is 2.25 bits per heavy atom. The average Bonchev–Trinajstić information content (AvgIpc) is 2.65. The Labute approximate surface area is 69.2 Å². The van der Waals surface area contributed by atoms with E-state index in [2.05, 4.69) is 5.10 Å². The van der Waals surface area contributed by atoms with Crippen LogP contribution in [0.2, 0.25) is 0 Å². The Kier molecular flexibility index (Phi) is 1.47. The Hall–Kier alpha value is -0.910. The maximum Gasteiger partial charge on any atom is 0.349 e. The molecule has 0 atom stereocenters. The summed E-state index contributed by atoms with van der Waals surface area (Å²) in [7, 11) is -4.59. The molecular weight excluding hydrogens is 183 g/mol. The lowest BCUT2D eigenvalue weighted by atomic mass is 10.7. The molecule has 0 radical (unpaired) electrons. The van der Waals surface area contributed by atoms with Crippen LogP contribution in [0.1, 0.15) is 18.9 Å². The predicted octanol–water partition coefficient (Wildman–Crippen LogP) is 0.876. The summed E-state index contributed by atoms with van der Waals surface area (Å²) in [4.78, 5) is 0. The highest BCUT2D eigenvalue weighted by Crippen LogP contribution is 2.36. The van der Waals surface area contributed by atoms with Crippen molar-refractivity contribution in [2.45, 2.75) is 23.9 Å². The smallest absolute Gasteiger partial charge is 0.249 e. The number of hydrogen-bond acceptors (Lipinski definition) is 3. The lowest BCUT2D eigenvalue weighted by molar-refractivity contribution is 0.515. The zero-order valence-electron chi connectivity index (χ0n) is 6.14. The normalized spacial score (nSPS) is 18.1. The van der Waals surface area contributed by atoms with Crippen LogP contribution in [0.25, 0.3) is 0 Å². The van der Waals surface area contributed by atoms with E-state index < -0.39 is 10.2 Å². The average molecular weight is 190 g/mol. The zero-order valence-corrected chi connectivity index (χ0v) is 6.96. The molecule has 0 spiro atoms. The number of hydrogen-bond donors (Lipinski definition) is 0. The van der Waals surface area contributed by atoms with Gasteiger partial charge in [0.05, 0.1) is 12.2 Å². The van der Waals surface area contributed by atoms with Gasteiger partial charge in [-0.1, -0.05) is 3.89 Å². The van der Waals surface area contributed by atoms with E-state index in [1.54, 1.807) is 0 Å². The van der Waals surface area contributed by atoms with Crippen LogP contribution in [0, 0.1) is 0 Å². The summed E-state index contributed by atoms with van der Waals surface area (Å²) in [6.45, 7) is 0. The van der Waals surface area contributed by atoms with E-state index in [0.717, 1.165) is 12.8 Å². The molecule has 0 aromatic carbocycles. The molecule has 1 saturated carbocycles. The maximum atomic E-state index is 12.5. The molecule has 0 amide bonds. The zero-order chi connectivity index (χ0) is 8.77. The number of rotatable bonds is 2. The second kappa shape index (κ2) is 2.29. The molecule has 1 aliphatic carbocycles. The molecule has 66 valence electrons. The molecule has 0 N–H and O–H groups in total. The van der Waals surface area contributed by atoms with Crippen molar-refractivity contribution in [1.29, 1.82) is 0 Å². The minimum Gasteiger partial charge on any atom is -0.249 e. The van der Waals surface area contributed by atoms with Crippen molar-refractivity contribution in [3.63, 3.8) is 0 Å². The van der Waals surface area contributed by atoms with Gasteiger partial charge in [0.2, 0.25) is 0 Å². The number of aromatic nitrogens is 2. The van der Waals surface area contributed by atoms with Crippen LogP contribution < -0.4 is 0 Å². The van der Waals surface area contributed by atoms with Gasteiger partial charge in [-0.2, -0.15) is 13.5 Å². The topological polar surface area (TPSA) is 52.0 Å². The van der Waals surface area contributed by atoms with Crippen molar-refractivity contribution in [2.24, 2.45) is 0 Å². The summed E-state index contributed by atoms with van der Waals surface area (Å²) in [6.07, 6.45) is 3.05. The standard InChI is InChI=1S/C6H7FN2O2S/c7-12(10,11)6-3-4-8-9(6)5-1-2-5/h3-5H,1-2H2. The monoisotopic (exact) mass is 190 g/mol. The van der Waals surface area contributed by atoms with Gasteiger partial charge >= 0.3 is 10.2 Å². The van der Waals surface area contributed by atoms with E-state index in [1.807, 2.05) is 0 Å². The van der Waals surface area contributed by atoms with Crippen LogP contribution in [0.3, 0.4) is 0 Å². The molecule has 0 aliphatic heterocycles. The lowest BCUT2D eigenvalue weighted by Gasteiger charge is -1.99. The molecule has 1 fully saturated rings. The van der Waals surface area contributed by atoms with Crippen LogP contribution in [0.5, 0.6) is 0 Å². The highest BCUT2D eigenvalue weighted by molar-refractivity contribution is 7.86. The number of nitrogens with zero attached hydrogens (tertiary/aromatic N) is 2. The second-order valence-corrected chi connectivity index (χ2v) is 4.08. The summed E-state index contributed by atoms with van der Waals surface area (Å²) in [6, 6.07) is 1.26. The fourth-order valence-electron chi connectivity index (χ4n) is 1.09. The van der Waals surface area contributed by atoms with E-state index in [9.17, 15) is 12.3 Å². The molecule has 6 heteroatoms. The predicted molar refractivity (Wildman–Crippen MR) is 38.8 cm³/mol. The van der Waals surface area contributed by atoms with Gasteiger partial charge in [-0.25, -0.2) is 4.68 Å². The number of halogens is 1. The summed E-state index contributed by atoms with van der Waals surface area (Å²) in [5.41, 5.74) is 0. The van der Waals surface area contributed by atoms with Gasteiger partial charge in [-0.05, 0) is 18.9 Å². The third-order valence-corrected chi connectivity index (χ3v) is 2.60. The first-order valence-electron chi connectivity index (χ1n) is 3.57. The first kappa shape index (κ1) is 7.72. The first-order valence-corrected chi connectivity index (χ1v) is 4.95. The van der Waals surface area contributed by atoms with Crippen molar-refractivity contribution in [1.82, 2.24) is 9.78 Å². The Balaban J connectivity index is 2.49. The van der Waals surface area contributed by atoms with Crippen LogP contribution >= 0.6 is 0 Å². The Morgan fingerprint density at radius 1 is 1.58 bits per heavy atom. The molecule has 2 rings (SSSR count). The van der Waals surface area contributed by atoms with Gasteiger partial charge in [0.1, 0.15) is 0 Å². The first-order chi connectivity index (χ1) is 5.59. The Morgan fingerprint density at radius 3 is 2.75 bits per heavy atom. The third kappa shape index (κ3) is 1.22. The summed E-state index contributed by atoms with van der Waals surface area (Å²) >= 11 is 0. The van der Waals surface area contributed by atoms with Gasteiger partial charge in [0.15, 0.2) is 5.03 Å². The lowest BCUT2D eigenvalue weighted by Crippen LogP contribution is -2.05. The minimum atomic E-state index is -4.59. The Bertz CT molecular complexity index is 393. The van der Waals surface area contributed by atoms with Gasteiger partial charge in [-0.3, -0.25) is 0 Å². The highest BCUT2D eigenvalue weighted by Gasteiger charge is 2.30. The van der Waals surface area contributed by atoms with E-state index in [4.69, 9.17) is 0 Å². The van der Waals surface area contributed by atoms with Crippen LogP contribution in [-0.2, 0) is 10.2 Å². The van der Waals surface area contributed by atoms with Crippen LogP contribution in [0.4, 0.5) is 3.89 Å². The van der Waals surface area contributed by atoms with Crippen molar-refractivity contribution in [3.05, 3.63) is 12.3 Å². The van der Waals surface area contributed by atoms with Crippen molar-refractivity contribution < 1.29 is 12.3 Å². The molecule has 12 heavy (non-hydrogen) atoms. The summed E-state index contributed by atoms with van der Waals surface area (Å²) < 4.78 is 34.8. The maximum absolute atomic E-state index is 12.5. The molecule has 0 saturated heterocycles. The molecular formula is C6H7FN2O2S. The van der Waals surface area contributed by atoms with Crippen molar-refractivity contribution in [3.8, 4) is 0 Å². The molecule has 1 aromatic heterocycles. The SMILES string of the molecule is O=S(=O)(F)c1ccnn1C1CC1. The van der Waals surface area contributed by atoms with Gasteiger partial charge < -0.3 is 0 Å². The van der Waals surface area contributed by atoms with E-state index in [-0.39, 0.29) is 11.1 Å². The highest BCUT2D eigenvalue weighted by atomic mass is 32.3. The molecule has 0 unspecified atom stereocenters. The van der Waals surface area contributed by atoms with E-state index in [1.165, 1.54) is 16.9 Å². The van der Waals surface area contributed by atoms with E-state index >= 15 is 0 Å². The molecule has 1 aliphatic rings. The van der Waals surface area contributed by atoms with Crippen LogP contribution in [-0.4, -0.2) is 18.2 Å². The summed E-state index contributed by atoms with van der Waals surface area (Å²) in [5.74, 6) is 0. The quantitative estimate of drug-likeness (QED) is 0.650. The third-order valence-electron chi connectivity index (χ3n) is 1.78. The molecule has 0 bridgehead atoms.